The molecule has 0 bridgehead atoms. The molecule has 40 heavy (non-hydrogen) atoms. The summed E-state index contributed by atoms with van der Waals surface area (Å²) in [5.41, 5.74) is 0.639. The summed E-state index contributed by atoms with van der Waals surface area (Å²) in [7, 11) is 0. The number of hydrogen-bond donors (Lipinski definition) is 0. The predicted molar refractivity (Wildman–Crippen MR) is 138 cm³/mol. The van der Waals surface area contributed by atoms with Crippen molar-refractivity contribution < 1.29 is 19.7 Å². The van der Waals surface area contributed by atoms with Gasteiger partial charge in [0.15, 0.2) is 0 Å². The summed E-state index contributed by atoms with van der Waals surface area (Å²) in [4.78, 5) is 42.1. The Kier molecular flexibility index (Phi) is 6.24. The lowest BCUT2D eigenvalue weighted by atomic mass is 10.1. The van der Waals surface area contributed by atoms with Crippen LogP contribution in [-0.4, -0.2) is 39.3 Å². The second kappa shape index (κ2) is 9.86. The molecule has 0 fully saturated rings. The first-order valence-corrected chi connectivity index (χ1v) is 11.2. The van der Waals surface area contributed by atoms with Crippen LogP contribution >= 0.6 is 0 Å². The summed E-state index contributed by atoms with van der Waals surface area (Å²) in [5, 5.41) is 53.7. The Morgan fingerprint density at radius 1 is 0.500 bits per heavy atom. The molecule has 0 radical (unpaired) electrons. The Labute approximate surface area is 221 Å². The van der Waals surface area contributed by atoms with Crippen molar-refractivity contribution in [2.45, 2.75) is 0 Å². The van der Waals surface area contributed by atoms with Gasteiger partial charge in [0.05, 0.1) is 43.2 Å². The number of benzene rings is 3. The quantitative estimate of drug-likeness (QED) is 0.189. The normalized spacial score (nSPS) is 10.8. The van der Waals surface area contributed by atoms with Crippen molar-refractivity contribution in [3.05, 3.63) is 126 Å². The molecule has 0 saturated heterocycles. The Hall–Kier alpha value is -6.32. The zero-order valence-corrected chi connectivity index (χ0v) is 19.9. The van der Waals surface area contributed by atoms with Crippen LogP contribution in [0.15, 0.2) is 85.2 Å². The summed E-state index contributed by atoms with van der Waals surface area (Å²) in [6.45, 7) is 0. The number of aromatic nitrogens is 4. The minimum atomic E-state index is -0.719. The second-order valence-corrected chi connectivity index (χ2v) is 8.24. The standard InChI is InChI=1S/C24H14N8O8/c33-29(34)17-5-7-21(23(13-17)31(37)38)27-11-9-19(25-27)15-1-2-16(4-3-15)20-10-12-28(26-20)22-8-6-18(30(35)36)14-24(22)32(39)40/h1-14H. The fourth-order valence-electron chi connectivity index (χ4n) is 3.97. The molecule has 198 valence electrons. The van der Waals surface area contributed by atoms with Crippen molar-refractivity contribution in [1.82, 2.24) is 19.6 Å². The largest absolute Gasteiger partial charge is 0.301 e. The van der Waals surface area contributed by atoms with Gasteiger partial charge >= 0.3 is 11.4 Å². The first-order chi connectivity index (χ1) is 19.1. The van der Waals surface area contributed by atoms with Crippen molar-refractivity contribution in [1.29, 1.82) is 0 Å². The first-order valence-electron chi connectivity index (χ1n) is 11.2. The third-order valence-electron chi connectivity index (χ3n) is 5.88. The fourth-order valence-corrected chi connectivity index (χ4v) is 3.97. The molecular weight excluding hydrogens is 528 g/mol. The smallest absolute Gasteiger partial charge is 0.258 e. The van der Waals surface area contributed by atoms with Crippen LogP contribution in [-0.2, 0) is 0 Å². The minimum Gasteiger partial charge on any atom is -0.258 e. The molecule has 16 nitrogen and oxygen atoms in total. The van der Waals surface area contributed by atoms with Gasteiger partial charge in [-0.3, -0.25) is 40.5 Å². The van der Waals surface area contributed by atoms with Crippen molar-refractivity contribution >= 4 is 22.7 Å². The average Bonchev–Trinajstić information content (AvgIpc) is 3.63. The molecule has 2 aromatic heterocycles. The number of hydrogen-bond acceptors (Lipinski definition) is 10. The Bertz CT molecular complexity index is 1690. The van der Waals surface area contributed by atoms with Crippen LogP contribution in [0.4, 0.5) is 22.7 Å². The van der Waals surface area contributed by atoms with Gasteiger partial charge in [0.1, 0.15) is 11.4 Å². The Morgan fingerprint density at radius 3 is 1.20 bits per heavy atom. The molecule has 0 saturated carbocycles. The number of non-ortho nitro benzene ring substituents is 2. The topological polar surface area (TPSA) is 208 Å². The fraction of sp³-hybridized carbons (Fsp3) is 0. The van der Waals surface area contributed by atoms with Gasteiger partial charge in [0, 0.05) is 35.7 Å². The maximum absolute atomic E-state index is 11.5. The van der Waals surface area contributed by atoms with Gasteiger partial charge in [0.25, 0.3) is 11.4 Å². The van der Waals surface area contributed by atoms with Crippen LogP contribution in [0, 0.1) is 40.5 Å². The van der Waals surface area contributed by atoms with E-state index in [0.29, 0.717) is 22.5 Å². The average molecular weight is 542 g/mol. The molecule has 0 N–H and O–H groups in total. The number of nitro groups is 4. The van der Waals surface area contributed by atoms with Crippen molar-refractivity contribution in [2.75, 3.05) is 0 Å². The van der Waals surface area contributed by atoms with Crippen molar-refractivity contribution in [3.8, 4) is 33.9 Å². The van der Waals surface area contributed by atoms with E-state index in [4.69, 9.17) is 0 Å². The van der Waals surface area contributed by atoms with E-state index in [0.717, 1.165) is 24.3 Å². The van der Waals surface area contributed by atoms with Crippen molar-refractivity contribution in [3.63, 3.8) is 0 Å². The SMILES string of the molecule is O=[N+]([O-])c1ccc(-n2ccc(-c3ccc(-c4ccn(-c5ccc([N+](=O)[O-])cc5[N+](=O)[O-])n4)cc3)n2)c([N+](=O)[O-])c1. The second-order valence-electron chi connectivity index (χ2n) is 8.24. The van der Waals surface area contributed by atoms with Crippen molar-refractivity contribution in [2.24, 2.45) is 0 Å². The highest BCUT2D eigenvalue weighted by Gasteiger charge is 2.23. The van der Waals surface area contributed by atoms with Gasteiger partial charge in [-0.2, -0.15) is 10.2 Å². The van der Waals surface area contributed by atoms with E-state index >= 15 is 0 Å². The highest BCUT2D eigenvalue weighted by molar-refractivity contribution is 5.68. The molecule has 5 aromatic rings. The summed E-state index contributed by atoms with van der Waals surface area (Å²) in [5.74, 6) is 0. The van der Waals surface area contributed by atoms with Crippen LogP contribution in [0.3, 0.4) is 0 Å². The molecule has 0 aliphatic rings. The van der Waals surface area contributed by atoms with E-state index in [2.05, 4.69) is 10.2 Å². The van der Waals surface area contributed by atoms with Gasteiger partial charge in [0.2, 0.25) is 0 Å². The molecular formula is C24H14N8O8. The summed E-state index contributed by atoms with van der Waals surface area (Å²) < 4.78 is 2.51. The highest BCUT2D eigenvalue weighted by atomic mass is 16.6. The van der Waals surface area contributed by atoms with E-state index in [9.17, 15) is 40.5 Å². The molecule has 3 aromatic carbocycles. The van der Waals surface area contributed by atoms with Gasteiger partial charge in [-0.15, -0.1) is 0 Å². The lowest BCUT2D eigenvalue weighted by molar-refractivity contribution is -0.394. The molecule has 0 atom stereocenters. The van der Waals surface area contributed by atoms with E-state index in [1.807, 2.05) is 0 Å². The molecule has 0 aliphatic heterocycles. The van der Waals surface area contributed by atoms with Crippen LogP contribution in [0.1, 0.15) is 0 Å². The third kappa shape index (κ3) is 4.70. The van der Waals surface area contributed by atoms with Gasteiger partial charge in [-0.25, -0.2) is 9.36 Å². The van der Waals surface area contributed by atoms with Crippen LogP contribution in [0.2, 0.25) is 0 Å². The number of nitro benzene ring substituents is 4. The maximum atomic E-state index is 11.5. The minimum absolute atomic E-state index is 0.0596. The molecule has 0 amide bonds. The summed E-state index contributed by atoms with van der Waals surface area (Å²) in [6.07, 6.45) is 2.99. The molecule has 5 rings (SSSR count). The summed E-state index contributed by atoms with van der Waals surface area (Å²) in [6, 6.07) is 16.8. The molecule has 0 unspecified atom stereocenters. The van der Waals surface area contributed by atoms with E-state index in [1.54, 1.807) is 36.4 Å². The predicted octanol–water partition coefficient (Wildman–Crippen LogP) is 5.02. The zero-order chi connectivity index (χ0) is 28.6. The molecule has 0 aliphatic carbocycles. The summed E-state index contributed by atoms with van der Waals surface area (Å²) >= 11 is 0. The highest BCUT2D eigenvalue weighted by Crippen LogP contribution is 2.31. The van der Waals surface area contributed by atoms with E-state index in [1.165, 1.54) is 33.9 Å². The molecule has 0 spiro atoms. The number of nitrogens with zero attached hydrogens (tertiary/aromatic N) is 8. The lowest BCUT2D eigenvalue weighted by Crippen LogP contribution is -2.02. The third-order valence-corrected chi connectivity index (χ3v) is 5.88. The lowest BCUT2D eigenvalue weighted by Gasteiger charge is -2.04. The molecule has 2 heterocycles. The van der Waals surface area contributed by atoms with Gasteiger partial charge in [-0.05, 0) is 24.3 Å². The Morgan fingerprint density at radius 2 is 0.875 bits per heavy atom. The van der Waals surface area contributed by atoms with Gasteiger partial charge < -0.3 is 0 Å². The number of rotatable bonds is 8. The zero-order valence-electron chi connectivity index (χ0n) is 19.9. The van der Waals surface area contributed by atoms with Gasteiger partial charge in [-0.1, -0.05) is 24.3 Å². The Balaban J connectivity index is 1.41. The monoisotopic (exact) mass is 542 g/mol. The van der Waals surface area contributed by atoms with E-state index < -0.39 is 42.4 Å². The molecule has 16 heteroatoms. The van der Waals surface area contributed by atoms with Crippen LogP contribution < -0.4 is 0 Å². The van der Waals surface area contributed by atoms with E-state index in [-0.39, 0.29) is 11.4 Å². The maximum Gasteiger partial charge on any atom is 0.301 e. The van der Waals surface area contributed by atoms with Crippen LogP contribution in [0.5, 0.6) is 0 Å². The first kappa shape index (κ1) is 25.3. The van der Waals surface area contributed by atoms with Crippen LogP contribution in [0.25, 0.3) is 33.9 Å².